The Morgan fingerprint density at radius 3 is 1.88 bits per heavy atom. The number of hydrogen-bond acceptors (Lipinski definition) is 3. The van der Waals surface area contributed by atoms with Gasteiger partial charge in [0, 0.05) is 53.7 Å². The average molecular weight is 564 g/mol. The van der Waals surface area contributed by atoms with E-state index in [1.807, 2.05) is 0 Å². The molecule has 7 aliphatic rings. The second-order valence-electron chi connectivity index (χ2n) is 16.2. The molecule has 42 heavy (non-hydrogen) atoms. The lowest BCUT2D eigenvalue weighted by atomic mass is 9.52. The van der Waals surface area contributed by atoms with Crippen LogP contribution in [0.4, 0.5) is 11.4 Å². The molecule has 7 fully saturated rings. The molecule has 4 saturated carbocycles. The van der Waals surface area contributed by atoms with E-state index in [-0.39, 0.29) is 0 Å². The molecule has 11 atom stereocenters. The fraction of sp³-hybridized carbons (Fsp3) is 0.692. The minimum atomic E-state index is 0.483. The number of anilines is 2. The maximum atomic E-state index is 3.34. The molecular weight excluding hydrogens is 510 g/mol. The highest BCUT2D eigenvalue weighted by atomic mass is 15.4. The van der Waals surface area contributed by atoms with Crippen LogP contribution in [0.5, 0.6) is 0 Å². The molecule has 0 spiro atoms. The number of para-hydroxylation sites is 2. The van der Waals surface area contributed by atoms with Crippen LogP contribution in [0.2, 0.25) is 0 Å². The van der Waals surface area contributed by atoms with Crippen LogP contribution >= 0.6 is 0 Å². The van der Waals surface area contributed by atoms with Crippen molar-refractivity contribution in [1.29, 1.82) is 0 Å². The summed E-state index contributed by atoms with van der Waals surface area (Å²) in [4.78, 5) is 9.43. The van der Waals surface area contributed by atoms with Crippen molar-refractivity contribution in [2.24, 2.45) is 29.1 Å². The van der Waals surface area contributed by atoms with E-state index in [4.69, 9.17) is 0 Å². The Morgan fingerprint density at radius 2 is 1.14 bits per heavy atom. The molecule has 0 bridgehead atoms. The quantitative estimate of drug-likeness (QED) is 0.370. The van der Waals surface area contributed by atoms with Crippen molar-refractivity contribution < 1.29 is 0 Å². The van der Waals surface area contributed by atoms with E-state index in [0.29, 0.717) is 11.5 Å². The molecule has 0 radical (unpaired) electrons. The van der Waals surface area contributed by atoms with Crippen LogP contribution in [0.25, 0.3) is 0 Å². The zero-order chi connectivity index (χ0) is 28.0. The van der Waals surface area contributed by atoms with Crippen LogP contribution in [0.3, 0.4) is 0 Å². The van der Waals surface area contributed by atoms with Crippen molar-refractivity contribution >= 4 is 11.4 Å². The van der Waals surface area contributed by atoms with Crippen molar-refractivity contribution in [3.63, 3.8) is 0 Å². The molecule has 9 rings (SSSR count). The van der Waals surface area contributed by atoms with E-state index < -0.39 is 0 Å². The van der Waals surface area contributed by atoms with Gasteiger partial charge in [-0.25, -0.2) is 0 Å². The highest BCUT2D eigenvalue weighted by Crippen LogP contribution is 2.63. The highest BCUT2D eigenvalue weighted by molar-refractivity contribution is 5.64. The van der Waals surface area contributed by atoms with Gasteiger partial charge in [0.2, 0.25) is 0 Å². The summed E-state index contributed by atoms with van der Waals surface area (Å²) in [7, 11) is 0. The maximum absolute atomic E-state index is 3.34. The molecule has 3 heteroatoms. The Hall–Kier alpha value is -1.84. The largest absolute Gasteiger partial charge is 0.338 e. The number of piperazine rings is 1. The van der Waals surface area contributed by atoms with E-state index >= 15 is 0 Å². The summed E-state index contributed by atoms with van der Waals surface area (Å²) in [6, 6.07) is 28.2. The topological polar surface area (TPSA) is 9.72 Å². The summed E-state index contributed by atoms with van der Waals surface area (Å²) in [5.74, 6) is 3.53. The molecule has 0 amide bonds. The van der Waals surface area contributed by atoms with Crippen molar-refractivity contribution in [2.75, 3.05) is 4.90 Å². The maximum Gasteiger partial charge on any atom is 0.0413 e. The van der Waals surface area contributed by atoms with Crippen molar-refractivity contribution in [3.05, 3.63) is 60.7 Å². The van der Waals surface area contributed by atoms with E-state index in [1.165, 1.54) is 94.8 Å². The van der Waals surface area contributed by atoms with Gasteiger partial charge in [-0.3, -0.25) is 9.80 Å². The van der Waals surface area contributed by atoms with Crippen LogP contribution in [0, 0.1) is 29.1 Å². The predicted octanol–water partition coefficient (Wildman–Crippen LogP) is 8.67. The van der Waals surface area contributed by atoms with Gasteiger partial charge in [0.15, 0.2) is 0 Å². The fourth-order valence-corrected chi connectivity index (χ4v) is 13.1. The monoisotopic (exact) mass is 563 g/mol. The first-order valence-electron chi connectivity index (χ1n) is 18.1. The van der Waals surface area contributed by atoms with Gasteiger partial charge < -0.3 is 4.90 Å². The van der Waals surface area contributed by atoms with E-state index in [9.17, 15) is 0 Å². The average Bonchev–Trinajstić information content (AvgIpc) is 3.37. The normalized spacial score (nSPS) is 43.9. The molecule has 3 aliphatic heterocycles. The smallest absolute Gasteiger partial charge is 0.0413 e. The first-order chi connectivity index (χ1) is 20.6. The lowest BCUT2D eigenvalue weighted by molar-refractivity contribution is -0.209. The summed E-state index contributed by atoms with van der Waals surface area (Å²) in [6.07, 6.45) is 18.8. The van der Waals surface area contributed by atoms with Gasteiger partial charge in [0.1, 0.15) is 0 Å². The van der Waals surface area contributed by atoms with Gasteiger partial charge in [-0.05, 0) is 105 Å². The first kappa shape index (κ1) is 26.6. The first-order valence-corrected chi connectivity index (χ1v) is 18.1. The summed E-state index contributed by atoms with van der Waals surface area (Å²) < 4.78 is 0. The van der Waals surface area contributed by atoms with Crippen LogP contribution in [-0.2, 0) is 0 Å². The van der Waals surface area contributed by atoms with Crippen LogP contribution in [-0.4, -0.2) is 52.1 Å². The summed E-state index contributed by atoms with van der Waals surface area (Å²) in [6.45, 7) is 5.44. The lowest BCUT2D eigenvalue weighted by Crippen LogP contribution is -2.79. The predicted molar refractivity (Wildman–Crippen MR) is 173 cm³/mol. The number of rotatable bonds is 3. The molecule has 2 aromatic carbocycles. The zero-order valence-electron chi connectivity index (χ0n) is 26.2. The number of fused-ring (bicyclic) bond motifs is 7. The molecule has 2 aromatic rings. The third kappa shape index (κ3) is 3.77. The van der Waals surface area contributed by atoms with Crippen LogP contribution < -0.4 is 4.90 Å². The Morgan fingerprint density at radius 1 is 0.548 bits per heavy atom. The third-order valence-corrected chi connectivity index (χ3v) is 14.3. The Labute approximate surface area is 255 Å². The molecular formula is C39H53N3. The number of hydrogen-bond donors (Lipinski definition) is 0. The van der Waals surface area contributed by atoms with Gasteiger partial charge >= 0.3 is 0 Å². The van der Waals surface area contributed by atoms with Crippen molar-refractivity contribution in [1.82, 2.24) is 9.80 Å². The summed E-state index contributed by atoms with van der Waals surface area (Å²) in [5.41, 5.74) is 3.26. The van der Waals surface area contributed by atoms with E-state index in [2.05, 4.69) is 89.2 Å². The molecule has 224 valence electrons. The Bertz CT molecular complexity index is 1220. The van der Waals surface area contributed by atoms with E-state index in [0.717, 1.165) is 59.9 Å². The summed E-state index contributed by atoms with van der Waals surface area (Å²) >= 11 is 0. The lowest BCUT2D eigenvalue weighted by Gasteiger charge is -2.70. The van der Waals surface area contributed by atoms with Gasteiger partial charge in [-0.1, -0.05) is 82.3 Å². The van der Waals surface area contributed by atoms with Gasteiger partial charge in [0.05, 0.1) is 0 Å². The minimum Gasteiger partial charge on any atom is -0.338 e. The van der Waals surface area contributed by atoms with Gasteiger partial charge in [-0.15, -0.1) is 0 Å². The second kappa shape index (κ2) is 10.1. The van der Waals surface area contributed by atoms with Gasteiger partial charge in [-0.2, -0.15) is 0 Å². The minimum absolute atomic E-state index is 0.483. The number of nitrogens with zero attached hydrogens (tertiary/aromatic N) is 3. The Kier molecular flexibility index (Phi) is 6.38. The van der Waals surface area contributed by atoms with E-state index in [1.54, 1.807) is 0 Å². The third-order valence-electron chi connectivity index (χ3n) is 14.3. The molecule has 3 saturated heterocycles. The standard InChI is InChI=1S/C39H53N3/c1-39(2)31-19-10-12-22-34(31)42-36-25-28(40(26-14-5-3-6-15-26)27-16-7-4-8-17-27)24-30-29-18-9-11-21-33(29)41(37(30)36)35-23-13-20-32(39)38(35)42/h3-8,14-17,28-38H,9-13,18-25H2,1-2H3. The summed E-state index contributed by atoms with van der Waals surface area (Å²) in [5, 5.41) is 0. The second-order valence-corrected chi connectivity index (χ2v) is 16.2. The molecule has 3 heterocycles. The van der Waals surface area contributed by atoms with Crippen molar-refractivity contribution in [3.8, 4) is 0 Å². The molecule has 0 N–H and O–H groups in total. The zero-order valence-corrected chi connectivity index (χ0v) is 26.2. The SMILES string of the molecule is CC1(C)C2CCCCC2N2C3CC(N(c4ccccc4)c4ccccc4)CC4C5CCCCC5N(C5CCCC1C52)C43. The van der Waals surface area contributed by atoms with Crippen LogP contribution in [0.15, 0.2) is 60.7 Å². The van der Waals surface area contributed by atoms with Crippen LogP contribution in [0.1, 0.15) is 97.3 Å². The Balaban J connectivity index is 1.19. The molecule has 0 aromatic heterocycles. The number of piperidine rings is 1. The van der Waals surface area contributed by atoms with Crippen molar-refractivity contribution in [2.45, 2.75) is 140 Å². The fourth-order valence-electron chi connectivity index (χ4n) is 13.1. The number of benzene rings is 2. The van der Waals surface area contributed by atoms with Gasteiger partial charge in [0.25, 0.3) is 0 Å². The molecule has 11 unspecified atom stereocenters. The molecule has 4 aliphatic carbocycles. The highest BCUT2D eigenvalue weighted by Gasteiger charge is 2.68. The molecule has 3 nitrogen and oxygen atoms in total.